The Morgan fingerprint density at radius 2 is 1.48 bits per heavy atom. The summed E-state index contributed by atoms with van der Waals surface area (Å²) in [6.07, 6.45) is 1.01. The first-order valence-corrected chi connectivity index (χ1v) is 12.0. The molecule has 31 heavy (non-hydrogen) atoms. The van der Waals surface area contributed by atoms with Crippen LogP contribution in [0.15, 0.2) is 59.5 Å². The highest BCUT2D eigenvalue weighted by atomic mass is 32.2. The van der Waals surface area contributed by atoms with Gasteiger partial charge in [-0.2, -0.15) is 9.57 Å². The Balaban J connectivity index is 1.34. The summed E-state index contributed by atoms with van der Waals surface area (Å²) < 4.78 is 27.4. The van der Waals surface area contributed by atoms with Crippen LogP contribution in [-0.2, 0) is 14.8 Å². The number of para-hydroxylation sites is 1. The predicted octanol–water partition coefficient (Wildman–Crippen LogP) is 2.31. The van der Waals surface area contributed by atoms with Gasteiger partial charge >= 0.3 is 0 Å². The molecular formula is C23H26N4O3S. The Morgan fingerprint density at radius 1 is 0.871 bits per heavy atom. The Bertz CT molecular complexity index is 1070. The van der Waals surface area contributed by atoms with Gasteiger partial charge in [0.15, 0.2) is 0 Å². The summed E-state index contributed by atoms with van der Waals surface area (Å²) in [5, 5.41) is 9.24. The molecule has 0 spiro atoms. The van der Waals surface area contributed by atoms with Gasteiger partial charge in [-0.15, -0.1) is 0 Å². The van der Waals surface area contributed by atoms with Crippen molar-refractivity contribution in [2.75, 3.05) is 44.2 Å². The molecule has 7 nitrogen and oxygen atoms in total. The van der Waals surface area contributed by atoms with Gasteiger partial charge in [0.05, 0.1) is 10.5 Å². The molecule has 0 radical (unpaired) electrons. The number of nitriles is 1. The molecular weight excluding hydrogens is 412 g/mol. The molecule has 8 heteroatoms. The molecule has 162 valence electrons. The number of hydrogen-bond acceptors (Lipinski definition) is 5. The van der Waals surface area contributed by atoms with Crippen molar-refractivity contribution in [2.45, 2.75) is 17.7 Å². The summed E-state index contributed by atoms with van der Waals surface area (Å²) in [5.74, 6) is -0.0249. The Morgan fingerprint density at radius 3 is 2.13 bits per heavy atom. The van der Waals surface area contributed by atoms with Crippen LogP contribution in [0.5, 0.6) is 0 Å². The third kappa shape index (κ3) is 4.43. The molecule has 1 amide bonds. The molecule has 0 atom stereocenters. The summed E-state index contributed by atoms with van der Waals surface area (Å²) in [4.78, 5) is 17.3. The van der Waals surface area contributed by atoms with E-state index in [2.05, 4.69) is 17.0 Å². The summed E-state index contributed by atoms with van der Waals surface area (Å²) in [6, 6.07) is 18.4. The molecule has 2 aromatic rings. The van der Waals surface area contributed by atoms with Gasteiger partial charge < -0.3 is 9.80 Å². The average molecular weight is 439 g/mol. The van der Waals surface area contributed by atoms with Crippen LogP contribution in [0.2, 0.25) is 0 Å². The summed E-state index contributed by atoms with van der Waals surface area (Å²) in [7, 11) is -3.74. The molecule has 0 bridgehead atoms. The van der Waals surface area contributed by atoms with E-state index < -0.39 is 10.0 Å². The van der Waals surface area contributed by atoms with E-state index in [4.69, 9.17) is 0 Å². The SMILES string of the molecule is N#Cc1ccccc1S(=O)(=O)N1CCC(C(=O)N2CCN(c3ccccc3)CC2)CC1. The van der Waals surface area contributed by atoms with Crippen molar-refractivity contribution in [3.05, 3.63) is 60.2 Å². The van der Waals surface area contributed by atoms with E-state index in [1.54, 1.807) is 12.1 Å². The minimum Gasteiger partial charge on any atom is -0.368 e. The average Bonchev–Trinajstić information content (AvgIpc) is 2.84. The smallest absolute Gasteiger partial charge is 0.244 e. The number of rotatable bonds is 4. The summed E-state index contributed by atoms with van der Waals surface area (Å²) in [6.45, 7) is 3.55. The lowest BCUT2D eigenvalue weighted by molar-refractivity contribution is -0.137. The first-order chi connectivity index (χ1) is 15.0. The maximum absolute atomic E-state index is 13.0. The van der Waals surface area contributed by atoms with E-state index in [1.807, 2.05) is 29.2 Å². The summed E-state index contributed by atoms with van der Waals surface area (Å²) >= 11 is 0. The maximum atomic E-state index is 13.0. The summed E-state index contributed by atoms with van der Waals surface area (Å²) in [5.41, 5.74) is 1.32. The van der Waals surface area contributed by atoms with Crippen molar-refractivity contribution >= 4 is 21.6 Å². The maximum Gasteiger partial charge on any atom is 0.244 e. The van der Waals surface area contributed by atoms with Gasteiger partial charge in [-0.05, 0) is 37.1 Å². The van der Waals surface area contributed by atoms with Gasteiger partial charge in [-0.25, -0.2) is 8.42 Å². The molecule has 2 fully saturated rings. The van der Waals surface area contributed by atoms with Gasteiger partial charge in [0.2, 0.25) is 15.9 Å². The van der Waals surface area contributed by atoms with Crippen LogP contribution < -0.4 is 4.90 Å². The fourth-order valence-electron chi connectivity index (χ4n) is 4.35. The van der Waals surface area contributed by atoms with Crippen LogP contribution in [0, 0.1) is 17.2 Å². The van der Waals surface area contributed by atoms with Crippen LogP contribution in [0.25, 0.3) is 0 Å². The molecule has 2 saturated heterocycles. The number of carbonyl (C=O) groups is 1. The number of nitrogens with zero attached hydrogens (tertiary/aromatic N) is 4. The monoisotopic (exact) mass is 438 g/mol. The standard InChI is InChI=1S/C23H26N4O3S/c24-18-20-6-4-5-9-22(20)31(29,30)27-12-10-19(11-13-27)23(28)26-16-14-25(15-17-26)21-7-2-1-3-8-21/h1-9,19H,10-17H2. The highest BCUT2D eigenvalue weighted by Crippen LogP contribution is 2.27. The van der Waals surface area contributed by atoms with E-state index in [-0.39, 0.29) is 22.3 Å². The van der Waals surface area contributed by atoms with Gasteiger partial charge in [0.1, 0.15) is 6.07 Å². The van der Waals surface area contributed by atoms with Crippen molar-refractivity contribution in [2.24, 2.45) is 5.92 Å². The number of amides is 1. The Kier molecular flexibility index (Phi) is 6.25. The molecule has 0 aliphatic carbocycles. The topological polar surface area (TPSA) is 84.7 Å². The lowest BCUT2D eigenvalue weighted by atomic mass is 9.96. The third-order valence-electron chi connectivity index (χ3n) is 6.14. The van der Waals surface area contributed by atoms with E-state index in [9.17, 15) is 18.5 Å². The van der Waals surface area contributed by atoms with Gasteiger partial charge in [0, 0.05) is 50.9 Å². The highest BCUT2D eigenvalue weighted by Gasteiger charge is 2.35. The molecule has 4 rings (SSSR count). The van der Waals surface area contributed by atoms with Crippen LogP contribution in [-0.4, -0.2) is 62.8 Å². The molecule has 0 N–H and O–H groups in total. The minimum atomic E-state index is -3.74. The normalized spacial score (nSPS) is 18.5. The zero-order valence-corrected chi connectivity index (χ0v) is 18.2. The first-order valence-electron chi connectivity index (χ1n) is 10.6. The number of benzene rings is 2. The van der Waals surface area contributed by atoms with E-state index in [0.29, 0.717) is 39.0 Å². The Labute approximate surface area is 183 Å². The lowest BCUT2D eigenvalue weighted by Crippen LogP contribution is -2.52. The number of piperazine rings is 1. The highest BCUT2D eigenvalue weighted by molar-refractivity contribution is 7.89. The fraction of sp³-hybridized carbons (Fsp3) is 0.391. The van der Waals surface area contributed by atoms with Crippen LogP contribution in [0.4, 0.5) is 5.69 Å². The quantitative estimate of drug-likeness (QED) is 0.731. The third-order valence-corrected chi connectivity index (χ3v) is 8.10. The number of anilines is 1. The second-order valence-electron chi connectivity index (χ2n) is 7.93. The number of carbonyl (C=O) groups excluding carboxylic acids is 1. The molecule has 2 aliphatic heterocycles. The molecule has 0 saturated carbocycles. The van der Waals surface area contributed by atoms with Crippen molar-refractivity contribution in [3.8, 4) is 6.07 Å². The van der Waals surface area contributed by atoms with Crippen LogP contribution >= 0.6 is 0 Å². The fourth-order valence-corrected chi connectivity index (χ4v) is 5.96. The van der Waals surface area contributed by atoms with Crippen molar-refractivity contribution in [1.82, 2.24) is 9.21 Å². The minimum absolute atomic E-state index is 0.0410. The largest absolute Gasteiger partial charge is 0.368 e. The van der Waals surface area contributed by atoms with Crippen LogP contribution in [0.1, 0.15) is 18.4 Å². The van der Waals surface area contributed by atoms with Crippen LogP contribution in [0.3, 0.4) is 0 Å². The van der Waals surface area contributed by atoms with Gasteiger partial charge in [-0.1, -0.05) is 30.3 Å². The van der Waals surface area contributed by atoms with Crippen molar-refractivity contribution in [1.29, 1.82) is 5.26 Å². The number of sulfonamides is 1. The molecule has 0 unspecified atom stereocenters. The predicted molar refractivity (Wildman–Crippen MR) is 118 cm³/mol. The zero-order chi connectivity index (χ0) is 21.8. The molecule has 0 aromatic heterocycles. The van der Waals surface area contributed by atoms with Gasteiger partial charge in [0.25, 0.3) is 0 Å². The second-order valence-corrected chi connectivity index (χ2v) is 9.84. The van der Waals surface area contributed by atoms with E-state index in [1.165, 1.54) is 22.1 Å². The molecule has 2 aromatic carbocycles. The molecule has 2 heterocycles. The number of piperidine rings is 1. The second kappa shape index (κ2) is 9.08. The lowest BCUT2D eigenvalue weighted by Gasteiger charge is -2.39. The van der Waals surface area contributed by atoms with Gasteiger partial charge in [-0.3, -0.25) is 4.79 Å². The number of hydrogen-bond donors (Lipinski definition) is 0. The van der Waals surface area contributed by atoms with Crippen molar-refractivity contribution < 1.29 is 13.2 Å². The van der Waals surface area contributed by atoms with Crippen molar-refractivity contribution in [3.63, 3.8) is 0 Å². The zero-order valence-electron chi connectivity index (χ0n) is 17.4. The van der Waals surface area contributed by atoms with E-state index >= 15 is 0 Å². The Hall–Kier alpha value is -2.89. The molecule has 2 aliphatic rings. The van der Waals surface area contributed by atoms with E-state index in [0.717, 1.165) is 13.1 Å². The first kappa shape index (κ1) is 21.3.